The van der Waals surface area contributed by atoms with Crippen LogP contribution in [-0.2, 0) is 0 Å². The monoisotopic (exact) mass is 294 g/mol. The lowest BCUT2D eigenvalue weighted by Crippen LogP contribution is -2.48. The first kappa shape index (κ1) is 17.3. The molecule has 124 valence electrons. The van der Waals surface area contributed by atoms with Crippen LogP contribution in [0.25, 0.3) is 0 Å². The van der Waals surface area contributed by atoms with Gasteiger partial charge in [-0.25, -0.2) is 0 Å². The van der Waals surface area contributed by atoms with Crippen LogP contribution in [0.5, 0.6) is 0 Å². The highest BCUT2D eigenvalue weighted by atomic mass is 15.2. The number of hydrogen-bond acceptors (Lipinski definition) is 2. The Bertz CT molecular complexity index is 284. The van der Waals surface area contributed by atoms with Crippen LogP contribution < -0.4 is 5.32 Å². The van der Waals surface area contributed by atoms with E-state index in [9.17, 15) is 0 Å². The van der Waals surface area contributed by atoms with Crippen molar-refractivity contribution in [1.82, 2.24) is 10.2 Å². The van der Waals surface area contributed by atoms with Crippen molar-refractivity contribution in [2.75, 3.05) is 20.1 Å². The maximum atomic E-state index is 3.86. The van der Waals surface area contributed by atoms with E-state index in [1.807, 2.05) is 0 Å². The second-order valence-corrected chi connectivity index (χ2v) is 8.44. The minimum atomic E-state index is 0.586. The fraction of sp³-hybridized carbons (Fsp3) is 1.00. The zero-order valence-corrected chi connectivity index (χ0v) is 15.0. The van der Waals surface area contributed by atoms with Gasteiger partial charge in [-0.15, -0.1) is 0 Å². The topological polar surface area (TPSA) is 15.3 Å². The Labute approximate surface area is 133 Å². The fourth-order valence-electron chi connectivity index (χ4n) is 4.35. The summed E-state index contributed by atoms with van der Waals surface area (Å²) in [5.41, 5.74) is 0.586. The molecule has 0 aromatic rings. The number of nitrogens with one attached hydrogen (secondary N) is 1. The van der Waals surface area contributed by atoms with Crippen LogP contribution in [-0.4, -0.2) is 37.1 Å². The number of likely N-dealkylation sites (N-methyl/N-ethyl adjacent to an activating group) is 1. The van der Waals surface area contributed by atoms with Crippen molar-refractivity contribution in [3.05, 3.63) is 0 Å². The van der Waals surface area contributed by atoms with Gasteiger partial charge < -0.3 is 10.2 Å². The Balaban J connectivity index is 1.83. The third-order valence-electron chi connectivity index (χ3n) is 6.04. The van der Waals surface area contributed by atoms with E-state index in [0.717, 1.165) is 18.0 Å². The molecular weight excluding hydrogens is 256 g/mol. The predicted octanol–water partition coefficient (Wildman–Crippen LogP) is 4.45. The van der Waals surface area contributed by atoms with Crippen molar-refractivity contribution >= 4 is 0 Å². The number of rotatable bonds is 7. The summed E-state index contributed by atoms with van der Waals surface area (Å²) in [6.07, 6.45) is 12.7. The van der Waals surface area contributed by atoms with Crippen molar-refractivity contribution in [3.8, 4) is 0 Å². The van der Waals surface area contributed by atoms with Crippen molar-refractivity contribution < 1.29 is 0 Å². The molecule has 0 amide bonds. The molecule has 0 aliphatic heterocycles. The Morgan fingerprint density at radius 2 is 1.71 bits per heavy atom. The van der Waals surface area contributed by atoms with Crippen LogP contribution in [0, 0.1) is 11.3 Å². The summed E-state index contributed by atoms with van der Waals surface area (Å²) >= 11 is 0. The first-order valence-electron chi connectivity index (χ1n) is 9.45. The maximum Gasteiger partial charge on any atom is 0.0223 e. The van der Waals surface area contributed by atoms with Gasteiger partial charge in [0.15, 0.2) is 0 Å². The summed E-state index contributed by atoms with van der Waals surface area (Å²) < 4.78 is 0. The van der Waals surface area contributed by atoms with Crippen molar-refractivity contribution in [1.29, 1.82) is 0 Å². The van der Waals surface area contributed by atoms with Gasteiger partial charge in [0, 0.05) is 18.6 Å². The zero-order valence-electron chi connectivity index (χ0n) is 15.0. The van der Waals surface area contributed by atoms with E-state index >= 15 is 0 Å². The summed E-state index contributed by atoms with van der Waals surface area (Å²) in [6, 6.07) is 1.55. The van der Waals surface area contributed by atoms with E-state index in [4.69, 9.17) is 0 Å². The van der Waals surface area contributed by atoms with E-state index < -0.39 is 0 Å². The van der Waals surface area contributed by atoms with Crippen LogP contribution in [0.4, 0.5) is 0 Å². The highest BCUT2D eigenvalue weighted by Crippen LogP contribution is 2.37. The molecule has 0 spiro atoms. The van der Waals surface area contributed by atoms with Crippen LogP contribution in [0.1, 0.15) is 78.6 Å². The Hall–Kier alpha value is -0.0800. The molecule has 2 saturated carbocycles. The van der Waals surface area contributed by atoms with E-state index in [-0.39, 0.29) is 0 Å². The van der Waals surface area contributed by atoms with E-state index in [1.54, 1.807) is 0 Å². The highest BCUT2D eigenvalue weighted by Gasteiger charge is 2.31. The van der Waals surface area contributed by atoms with Crippen LogP contribution in [0.3, 0.4) is 0 Å². The van der Waals surface area contributed by atoms with Gasteiger partial charge in [0.1, 0.15) is 0 Å². The molecule has 2 fully saturated rings. The van der Waals surface area contributed by atoms with Crippen LogP contribution in [0.2, 0.25) is 0 Å². The second-order valence-electron chi connectivity index (χ2n) is 8.44. The average Bonchev–Trinajstić information content (AvgIpc) is 2.97. The minimum absolute atomic E-state index is 0.586. The molecule has 0 aromatic carbocycles. The van der Waals surface area contributed by atoms with Gasteiger partial charge in [-0.2, -0.15) is 0 Å². The zero-order chi connectivity index (χ0) is 15.3. The molecule has 21 heavy (non-hydrogen) atoms. The Kier molecular flexibility index (Phi) is 6.55. The largest absolute Gasteiger partial charge is 0.312 e. The quantitative estimate of drug-likeness (QED) is 0.746. The molecule has 1 atom stereocenters. The average molecular weight is 295 g/mol. The first-order valence-corrected chi connectivity index (χ1v) is 9.45. The molecule has 2 nitrogen and oxygen atoms in total. The van der Waals surface area contributed by atoms with Crippen molar-refractivity contribution in [2.45, 2.75) is 90.6 Å². The smallest absolute Gasteiger partial charge is 0.0223 e. The van der Waals surface area contributed by atoms with E-state index in [0.29, 0.717) is 5.41 Å². The van der Waals surface area contributed by atoms with Gasteiger partial charge in [0.2, 0.25) is 0 Å². The number of nitrogens with zero attached hydrogens (tertiary/aromatic N) is 1. The summed E-state index contributed by atoms with van der Waals surface area (Å²) in [5, 5.41) is 3.86. The molecule has 0 aromatic heterocycles. The maximum absolute atomic E-state index is 3.86. The van der Waals surface area contributed by atoms with Gasteiger partial charge >= 0.3 is 0 Å². The van der Waals surface area contributed by atoms with Crippen LogP contribution in [0.15, 0.2) is 0 Å². The highest BCUT2D eigenvalue weighted by molar-refractivity contribution is 4.87. The lowest BCUT2D eigenvalue weighted by molar-refractivity contribution is 0.111. The normalized spacial score (nSPS) is 25.6. The molecular formula is C19H38N2. The van der Waals surface area contributed by atoms with Crippen molar-refractivity contribution in [3.63, 3.8) is 0 Å². The van der Waals surface area contributed by atoms with Crippen molar-refractivity contribution in [2.24, 2.45) is 11.3 Å². The third kappa shape index (κ3) is 5.25. The standard InChI is InChI=1S/C19H38N2/c1-5-14-20-18(16-8-6-7-9-16)15-21(4)17-10-12-19(2,3)13-11-17/h16-18,20H,5-15H2,1-4H3. The molecule has 2 aliphatic rings. The third-order valence-corrected chi connectivity index (χ3v) is 6.04. The molecule has 0 saturated heterocycles. The lowest BCUT2D eigenvalue weighted by Gasteiger charge is -2.40. The summed E-state index contributed by atoms with van der Waals surface area (Å²) in [4.78, 5) is 2.68. The molecule has 1 N–H and O–H groups in total. The molecule has 0 radical (unpaired) electrons. The lowest BCUT2D eigenvalue weighted by atomic mass is 9.75. The predicted molar refractivity (Wildman–Crippen MR) is 92.7 cm³/mol. The van der Waals surface area contributed by atoms with Gasteiger partial charge in [0.25, 0.3) is 0 Å². The van der Waals surface area contributed by atoms with Gasteiger partial charge in [-0.1, -0.05) is 33.6 Å². The summed E-state index contributed by atoms with van der Waals surface area (Å²) in [7, 11) is 2.37. The molecule has 2 aliphatic carbocycles. The fourth-order valence-corrected chi connectivity index (χ4v) is 4.35. The minimum Gasteiger partial charge on any atom is -0.312 e. The number of hydrogen-bond donors (Lipinski definition) is 1. The molecule has 2 rings (SSSR count). The van der Waals surface area contributed by atoms with Crippen LogP contribution >= 0.6 is 0 Å². The van der Waals surface area contributed by atoms with Gasteiger partial charge in [-0.05, 0) is 69.9 Å². The second kappa shape index (κ2) is 7.97. The Morgan fingerprint density at radius 1 is 1.10 bits per heavy atom. The van der Waals surface area contributed by atoms with E-state index in [1.165, 1.54) is 70.9 Å². The first-order chi connectivity index (χ1) is 10.0. The molecule has 0 heterocycles. The molecule has 1 unspecified atom stereocenters. The summed E-state index contributed by atoms with van der Waals surface area (Å²) in [6.45, 7) is 9.61. The summed E-state index contributed by atoms with van der Waals surface area (Å²) in [5.74, 6) is 0.930. The molecule has 0 bridgehead atoms. The van der Waals surface area contributed by atoms with E-state index in [2.05, 4.69) is 38.0 Å². The van der Waals surface area contributed by atoms with Gasteiger partial charge in [-0.3, -0.25) is 0 Å². The SMILES string of the molecule is CCCNC(CN(C)C1CCC(C)(C)CC1)C1CCCC1. The molecule has 2 heteroatoms. The Morgan fingerprint density at radius 3 is 2.29 bits per heavy atom. The van der Waals surface area contributed by atoms with Gasteiger partial charge in [0.05, 0.1) is 0 Å².